The summed E-state index contributed by atoms with van der Waals surface area (Å²) in [5.74, 6) is 0.858. The number of pyridine rings is 3. The van der Waals surface area contributed by atoms with Crippen molar-refractivity contribution in [1.29, 1.82) is 0 Å². The van der Waals surface area contributed by atoms with E-state index in [1.807, 2.05) is 6.07 Å². The van der Waals surface area contributed by atoms with Gasteiger partial charge >= 0.3 is 0 Å². The minimum Gasteiger partial charge on any atom is -0.338 e. The Bertz CT molecular complexity index is 1400. The maximum atomic E-state index is 12.6. The fraction of sp³-hybridized carbons (Fsp3) is 0.320. The van der Waals surface area contributed by atoms with Crippen LogP contribution in [0.5, 0.6) is 0 Å². The normalized spacial score (nSPS) is 15.0. The van der Waals surface area contributed by atoms with Crippen molar-refractivity contribution in [2.24, 2.45) is 0 Å². The predicted octanol–water partition coefficient (Wildman–Crippen LogP) is 3.40. The summed E-state index contributed by atoms with van der Waals surface area (Å²) in [4.78, 5) is 45.6. The van der Waals surface area contributed by atoms with Crippen LogP contribution in [0.15, 0.2) is 58.6 Å². The number of nitrogens with one attached hydrogen (secondary N) is 3. The van der Waals surface area contributed by atoms with E-state index < -0.39 is 0 Å². The van der Waals surface area contributed by atoms with Crippen LogP contribution in [0.2, 0.25) is 0 Å². The lowest BCUT2D eigenvalue weighted by Gasteiger charge is -2.31. The second-order valence-electron chi connectivity index (χ2n) is 8.65. The molecule has 5 rings (SSSR count). The topological polar surface area (TPSA) is 120 Å². The van der Waals surface area contributed by atoms with Crippen molar-refractivity contribution in [3.05, 3.63) is 75.5 Å². The molecule has 4 aromatic rings. The van der Waals surface area contributed by atoms with Gasteiger partial charge in [-0.05, 0) is 68.5 Å². The smallest absolute Gasteiger partial charge is 0.266 e. The van der Waals surface area contributed by atoms with E-state index in [-0.39, 0.29) is 11.1 Å². The molecule has 5 heterocycles. The van der Waals surface area contributed by atoms with Crippen molar-refractivity contribution in [2.45, 2.75) is 32.1 Å². The number of piperidine rings is 1. The molecule has 174 valence electrons. The Morgan fingerprint density at radius 2 is 1.97 bits per heavy atom. The number of hydrogen-bond donors (Lipinski definition) is 3. The molecule has 3 N–H and O–H groups in total. The maximum Gasteiger partial charge on any atom is 0.266 e. The number of anilines is 2. The summed E-state index contributed by atoms with van der Waals surface area (Å²) >= 11 is 0. The molecule has 0 spiro atoms. The van der Waals surface area contributed by atoms with E-state index >= 15 is 0 Å². The predicted molar refractivity (Wildman–Crippen MR) is 132 cm³/mol. The summed E-state index contributed by atoms with van der Waals surface area (Å²) in [6.07, 6.45) is 9.54. The average Bonchev–Trinajstić information content (AvgIpc) is 2.85. The highest BCUT2D eigenvalue weighted by Crippen LogP contribution is 2.29. The largest absolute Gasteiger partial charge is 0.338 e. The Morgan fingerprint density at radius 3 is 2.71 bits per heavy atom. The average molecular weight is 458 g/mol. The highest BCUT2D eigenvalue weighted by atomic mass is 16.1. The van der Waals surface area contributed by atoms with Gasteiger partial charge in [0.2, 0.25) is 0 Å². The first-order chi connectivity index (χ1) is 16.6. The number of fused-ring (bicyclic) bond motifs is 1. The Hall–Kier alpha value is -3.85. The lowest BCUT2D eigenvalue weighted by atomic mass is 9.93. The van der Waals surface area contributed by atoms with E-state index in [9.17, 15) is 9.59 Å². The molecular formula is C25H27N7O2. The van der Waals surface area contributed by atoms with Crippen LogP contribution in [0.3, 0.4) is 0 Å². The van der Waals surface area contributed by atoms with Gasteiger partial charge in [0.25, 0.3) is 11.1 Å². The van der Waals surface area contributed by atoms with Gasteiger partial charge in [0, 0.05) is 17.8 Å². The fourth-order valence-corrected chi connectivity index (χ4v) is 4.58. The molecule has 0 atom stereocenters. The molecule has 0 bridgehead atoms. The highest BCUT2D eigenvalue weighted by Gasteiger charge is 2.21. The summed E-state index contributed by atoms with van der Waals surface area (Å²) < 4.78 is 0. The van der Waals surface area contributed by atoms with Crippen LogP contribution in [0.1, 0.15) is 37.8 Å². The first-order valence-electron chi connectivity index (χ1n) is 11.6. The zero-order valence-corrected chi connectivity index (χ0v) is 19.0. The Kier molecular flexibility index (Phi) is 6.18. The molecule has 0 amide bonds. The molecule has 1 aliphatic heterocycles. The van der Waals surface area contributed by atoms with Crippen LogP contribution in [0.25, 0.3) is 22.2 Å². The van der Waals surface area contributed by atoms with E-state index in [0.717, 1.165) is 43.9 Å². The molecule has 1 fully saturated rings. The molecule has 0 unspecified atom stereocenters. The van der Waals surface area contributed by atoms with E-state index in [4.69, 9.17) is 4.98 Å². The molecular weight excluding hydrogens is 430 g/mol. The van der Waals surface area contributed by atoms with Gasteiger partial charge < -0.3 is 20.2 Å². The molecule has 9 nitrogen and oxygen atoms in total. The second kappa shape index (κ2) is 9.56. The fourth-order valence-electron chi connectivity index (χ4n) is 4.58. The number of rotatable bonds is 6. The van der Waals surface area contributed by atoms with Crippen LogP contribution in [0.4, 0.5) is 11.5 Å². The Labute approximate surface area is 196 Å². The van der Waals surface area contributed by atoms with Crippen LogP contribution in [-0.2, 0) is 0 Å². The number of likely N-dealkylation sites (tertiary alicyclic amines) is 1. The van der Waals surface area contributed by atoms with Crippen LogP contribution in [-0.4, -0.2) is 49.5 Å². The van der Waals surface area contributed by atoms with Gasteiger partial charge in [-0.25, -0.2) is 4.98 Å². The standard InChI is InChI=1S/C25H27N7O2/c1-2-9-32-10-6-16(7-11-32)19-4-3-18(13-28-19)29-24-23-17(5-8-27-25(23)34)12-20(31-24)21-14-26-15-22(33)30-21/h3-5,8,12-16H,2,6-7,9-11H2,1H3,(H,27,34)(H,29,31)(H,30,33). The molecule has 34 heavy (non-hydrogen) atoms. The van der Waals surface area contributed by atoms with Gasteiger partial charge in [0.15, 0.2) is 0 Å². The van der Waals surface area contributed by atoms with Gasteiger partial charge in [0.05, 0.1) is 41.1 Å². The molecule has 0 aromatic carbocycles. The minimum absolute atomic E-state index is 0.248. The monoisotopic (exact) mass is 457 g/mol. The lowest BCUT2D eigenvalue weighted by molar-refractivity contribution is 0.211. The first kappa shape index (κ1) is 22.0. The van der Waals surface area contributed by atoms with Gasteiger partial charge in [-0.3, -0.25) is 19.6 Å². The number of aromatic nitrogens is 5. The van der Waals surface area contributed by atoms with Crippen molar-refractivity contribution >= 4 is 22.3 Å². The summed E-state index contributed by atoms with van der Waals surface area (Å²) in [6.45, 7) is 5.61. The lowest BCUT2D eigenvalue weighted by Crippen LogP contribution is -2.33. The SMILES string of the molecule is CCCN1CCC(c2ccc(Nc3nc(-c4cncc(=O)[nH]4)cc4cc[nH]c(=O)c34)cn2)CC1. The van der Waals surface area contributed by atoms with Crippen molar-refractivity contribution in [2.75, 3.05) is 25.0 Å². The maximum absolute atomic E-state index is 12.6. The van der Waals surface area contributed by atoms with Crippen molar-refractivity contribution < 1.29 is 0 Å². The highest BCUT2D eigenvalue weighted by molar-refractivity contribution is 5.94. The van der Waals surface area contributed by atoms with Gasteiger partial charge in [-0.2, -0.15) is 0 Å². The second-order valence-corrected chi connectivity index (χ2v) is 8.65. The van der Waals surface area contributed by atoms with Crippen molar-refractivity contribution in [3.63, 3.8) is 0 Å². The van der Waals surface area contributed by atoms with Gasteiger partial charge in [0.1, 0.15) is 5.82 Å². The third kappa shape index (κ3) is 4.60. The van der Waals surface area contributed by atoms with E-state index in [2.05, 4.69) is 43.1 Å². The summed E-state index contributed by atoms with van der Waals surface area (Å²) in [5.41, 5.74) is 2.25. The molecule has 4 aromatic heterocycles. The van der Waals surface area contributed by atoms with E-state index in [1.165, 1.54) is 18.8 Å². The molecule has 0 radical (unpaired) electrons. The number of H-pyrrole nitrogens is 2. The molecule has 0 aliphatic carbocycles. The minimum atomic E-state index is -0.319. The number of aromatic amines is 2. The van der Waals surface area contributed by atoms with E-state index in [1.54, 1.807) is 24.5 Å². The number of hydrogen-bond acceptors (Lipinski definition) is 7. The summed E-state index contributed by atoms with van der Waals surface area (Å²) in [7, 11) is 0. The van der Waals surface area contributed by atoms with Crippen molar-refractivity contribution in [3.8, 4) is 11.4 Å². The van der Waals surface area contributed by atoms with Gasteiger partial charge in [-0.1, -0.05) is 6.92 Å². The molecule has 9 heteroatoms. The van der Waals surface area contributed by atoms with Crippen LogP contribution < -0.4 is 16.4 Å². The molecule has 0 saturated carbocycles. The molecule has 1 aliphatic rings. The van der Waals surface area contributed by atoms with Crippen molar-refractivity contribution in [1.82, 2.24) is 29.8 Å². The molecule has 1 saturated heterocycles. The van der Waals surface area contributed by atoms with Crippen LogP contribution in [0, 0.1) is 0 Å². The number of nitrogens with zero attached hydrogens (tertiary/aromatic N) is 4. The van der Waals surface area contributed by atoms with Crippen LogP contribution >= 0.6 is 0 Å². The Balaban J connectivity index is 1.43. The summed E-state index contributed by atoms with van der Waals surface area (Å²) in [6, 6.07) is 7.59. The quantitative estimate of drug-likeness (QED) is 0.406. The zero-order valence-electron chi connectivity index (χ0n) is 19.0. The first-order valence-corrected chi connectivity index (χ1v) is 11.6. The van der Waals surface area contributed by atoms with Gasteiger partial charge in [-0.15, -0.1) is 0 Å². The zero-order chi connectivity index (χ0) is 23.5. The summed E-state index contributed by atoms with van der Waals surface area (Å²) in [5, 5.41) is 4.39. The third-order valence-electron chi connectivity index (χ3n) is 6.28. The third-order valence-corrected chi connectivity index (χ3v) is 6.28. The Morgan fingerprint density at radius 1 is 1.12 bits per heavy atom. The van der Waals surface area contributed by atoms with E-state index in [0.29, 0.717) is 33.9 Å².